The monoisotopic (exact) mass is 334 g/mol. The number of nitrogens with zero attached hydrogens (tertiary/aromatic N) is 1. The highest BCUT2D eigenvalue weighted by Crippen LogP contribution is 2.33. The van der Waals surface area contributed by atoms with Gasteiger partial charge in [-0.15, -0.1) is 11.3 Å². The first-order valence-corrected chi connectivity index (χ1v) is 9.23. The molecule has 0 aliphatic heterocycles. The third-order valence-corrected chi connectivity index (χ3v) is 4.58. The van der Waals surface area contributed by atoms with E-state index in [-0.39, 0.29) is 0 Å². The highest BCUT2D eigenvalue weighted by Gasteiger charge is 2.13. The maximum Gasteiger partial charge on any atom is 0.229 e. The molecule has 3 aromatic rings. The molecule has 0 fully saturated rings. The van der Waals surface area contributed by atoms with E-state index in [2.05, 4.69) is 9.71 Å². The molecule has 114 valence electrons. The molecule has 0 bridgehead atoms. The maximum absolute atomic E-state index is 11.2. The Morgan fingerprint density at radius 1 is 1.18 bits per heavy atom. The number of sulfonamides is 1. The van der Waals surface area contributed by atoms with Crippen LogP contribution in [0.2, 0.25) is 0 Å². The first-order chi connectivity index (χ1) is 10.4. The van der Waals surface area contributed by atoms with Crippen LogP contribution >= 0.6 is 11.3 Å². The van der Waals surface area contributed by atoms with Crippen LogP contribution in [0.1, 0.15) is 4.88 Å². The second-order valence-electron chi connectivity index (χ2n) is 4.85. The van der Waals surface area contributed by atoms with Crippen LogP contribution in [-0.2, 0) is 10.0 Å². The van der Waals surface area contributed by atoms with Crippen molar-refractivity contribution in [3.8, 4) is 22.0 Å². The summed E-state index contributed by atoms with van der Waals surface area (Å²) in [6.07, 6.45) is 2.75. The van der Waals surface area contributed by atoms with Crippen molar-refractivity contribution in [2.24, 2.45) is 0 Å². The lowest BCUT2D eigenvalue weighted by molar-refractivity contribution is 0.582. The van der Waals surface area contributed by atoms with Gasteiger partial charge in [-0.1, -0.05) is 12.1 Å². The zero-order valence-electron chi connectivity index (χ0n) is 12.0. The van der Waals surface area contributed by atoms with E-state index in [1.54, 1.807) is 29.7 Å². The van der Waals surface area contributed by atoms with E-state index in [1.165, 1.54) is 0 Å². The molecule has 1 N–H and O–H groups in total. The van der Waals surface area contributed by atoms with Gasteiger partial charge < -0.3 is 4.42 Å². The van der Waals surface area contributed by atoms with Gasteiger partial charge in [0, 0.05) is 16.1 Å². The Morgan fingerprint density at radius 2 is 1.91 bits per heavy atom. The zero-order valence-corrected chi connectivity index (χ0v) is 13.7. The number of anilines is 1. The molecule has 2 heterocycles. The van der Waals surface area contributed by atoms with Crippen LogP contribution in [0.25, 0.3) is 22.0 Å². The van der Waals surface area contributed by atoms with E-state index in [0.717, 1.165) is 33.2 Å². The fourth-order valence-corrected chi connectivity index (χ4v) is 3.55. The Bertz CT molecular complexity index is 880. The number of benzene rings is 1. The molecule has 7 heteroatoms. The zero-order chi connectivity index (χ0) is 15.7. The normalized spacial score (nSPS) is 11.5. The van der Waals surface area contributed by atoms with Gasteiger partial charge in [0.05, 0.1) is 18.2 Å². The van der Waals surface area contributed by atoms with E-state index in [1.807, 2.05) is 31.2 Å². The van der Waals surface area contributed by atoms with Crippen molar-refractivity contribution < 1.29 is 12.8 Å². The van der Waals surface area contributed by atoms with E-state index < -0.39 is 10.0 Å². The van der Waals surface area contributed by atoms with Gasteiger partial charge in [0.15, 0.2) is 10.8 Å². The number of aromatic nitrogens is 1. The summed E-state index contributed by atoms with van der Waals surface area (Å²) >= 11 is 1.56. The van der Waals surface area contributed by atoms with Gasteiger partial charge in [0.2, 0.25) is 10.0 Å². The quantitative estimate of drug-likeness (QED) is 0.788. The summed E-state index contributed by atoms with van der Waals surface area (Å²) in [6, 6.07) is 10.9. The number of furan rings is 1. The molecular weight excluding hydrogens is 320 g/mol. The molecule has 0 saturated heterocycles. The van der Waals surface area contributed by atoms with Gasteiger partial charge in [-0.3, -0.25) is 4.72 Å². The molecular formula is C15H14N2O3S2. The minimum atomic E-state index is -3.26. The highest BCUT2D eigenvalue weighted by molar-refractivity contribution is 7.92. The number of thiazole rings is 1. The van der Waals surface area contributed by atoms with E-state index in [0.29, 0.717) is 5.69 Å². The first kappa shape index (κ1) is 14.8. The van der Waals surface area contributed by atoms with Crippen LogP contribution < -0.4 is 4.72 Å². The third-order valence-electron chi connectivity index (χ3n) is 2.99. The Kier molecular flexibility index (Phi) is 3.76. The lowest BCUT2D eigenvalue weighted by Crippen LogP contribution is -2.09. The third kappa shape index (κ3) is 3.20. The van der Waals surface area contributed by atoms with Crippen LogP contribution in [0.3, 0.4) is 0 Å². The summed E-state index contributed by atoms with van der Waals surface area (Å²) in [5.74, 6) is 0.745. The van der Waals surface area contributed by atoms with Crippen LogP contribution in [0.5, 0.6) is 0 Å². The SMILES string of the molecule is Cc1sc(-c2ccco2)nc1-c1ccc(NS(C)(=O)=O)cc1. The number of rotatable bonds is 4. The van der Waals surface area contributed by atoms with E-state index >= 15 is 0 Å². The second kappa shape index (κ2) is 5.58. The predicted octanol–water partition coefficient (Wildman–Crippen LogP) is 3.75. The van der Waals surface area contributed by atoms with Gasteiger partial charge in [-0.05, 0) is 31.2 Å². The van der Waals surface area contributed by atoms with Crippen molar-refractivity contribution in [1.29, 1.82) is 0 Å². The van der Waals surface area contributed by atoms with E-state index in [4.69, 9.17) is 4.42 Å². The highest BCUT2D eigenvalue weighted by atomic mass is 32.2. The van der Waals surface area contributed by atoms with Crippen LogP contribution in [-0.4, -0.2) is 19.7 Å². The molecule has 0 radical (unpaired) electrons. The smallest absolute Gasteiger partial charge is 0.229 e. The van der Waals surface area contributed by atoms with Crippen molar-refractivity contribution in [1.82, 2.24) is 4.98 Å². The van der Waals surface area contributed by atoms with Crippen LogP contribution in [0.4, 0.5) is 5.69 Å². The average molecular weight is 334 g/mol. The fraction of sp³-hybridized carbons (Fsp3) is 0.133. The number of aryl methyl sites for hydroxylation is 1. The second-order valence-corrected chi connectivity index (χ2v) is 7.80. The molecule has 0 saturated carbocycles. The van der Waals surface area contributed by atoms with Crippen molar-refractivity contribution in [3.05, 3.63) is 47.5 Å². The maximum atomic E-state index is 11.2. The Morgan fingerprint density at radius 3 is 2.50 bits per heavy atom. The summed E-state index contributed by atoms with van der Waals surface area (Å²) < 4.78 is 30.2. The molecule has 22 heavy (non-hydrogen) atoms. The van der Waals surface area contributed by atoms with Gasteiger partial charge >= 0.3 is 0 Å². The van der Waals surface area contributed by atoms with Crippen LogP contribution in [0.15, 0.2) is 47.1 Å². The number of nitrogens with one attached hydrogen (secondary N) is 1. The van der Waals surface area contributed by atoms with Gasteiger partial charge in [-0.2, -0.15) is 0 Å². The van der Waals surface area contributed by atoms with E-state index in [9.17, 15) is 8.42 Å². The minimum Gasteiger partial charge on any atom is -0.462 e. The van der Waals surface area contributed by atoms with Crippen molar-refractivity contribution in [2.75, 3.05) is 11.0 Å². The van der Waals surface area contributed by atoms with Gasteiger partial charge in [0.25, 0.3) is 0 Å². The topological polar surface area (TPSA) is 72.2 Å². The molecule has 0 spiro atoms. The fourth-order valence-electron chi connectivity index (χ4n) is 2.08. The first-order valence-electron chi connectivity index (χ1n) is 6.52. The Labute approximate surface area is 132 Å². The predicted molar refractivity (Wildman–Crippen MR) is 88.5 cm³/mol. The van der Waals surface area contributed by atoms with Gasteiger partial charge in [0.1, 0.15) is 0 Å². The van der Waals surface area contributed by atoms with Crippen molar-refractivity contribution >= 4 is 27.0 Å². The molecule has 3 rings (SSSR count). The van der Waals surface area contributed by atoms with Gasteiger partial charge in [-0.25, -0.2) is 13.4 Å². The lowest BCUT2D eigenvalue weighted by Gasteiger charge is -2.04. The average Bonchev–Trinajstić information content (AvgIpc) is 3.07. The molecule has 2 aromatic heterocycles. The lowest BCUT2D eigenvalue weighted by atomic mass is 10.1. The summed E-state index contributed by atoms with van der Waals surface area (Å²) in [5, 5.41) is 0.829. The van der Waals surface area contributed by atoms with Crippen LogP contribution in [0, 0.1) is 6.92 Å². The standard InChI is InChI=1S/C15H14N2O3S2/c1-10-14(16-15(21-10)13-4-3-9-20-13)11-5-7-12(8-6-11)17-22(2,18)19/h3-9,17H,1-2H3. The molecule has 0 aliphatic rings. The molecule has 1 aromatic carbocycles. The molecule has 0 atom stereocenters. The van der Waals surface area contributed by atoms with Crippen molar-refractivity contribution in [2.45, 2.75) is 6.92 Å². The molecule has 0 aliphatic carbocycles. The Hall–Kier alpha value is -2.12. The summed E-state index contributed by atoms with van der Waals surface area (Å²) in [7, 11) is -3.26. The largest absolute Gasteiger partial charge is 0.462 e. The minimum absolute atomic E-state index is 0.533. The molecule has 0 unspecified atom stereocenters. The number of hydrogen-bond acceptors (Lipinski definition) is 5. The summed E-state index contributed by atoms with van der Waals surface area (Å²) in [4.78, 5) is 5.69. The van der Waals surface area contributed by atoms with Crippen molar-refractivity contribution in [3.63, 3.8) is 0 Å². The summed E-state index contributed by atoms with van der Waals surface area (Å²) in [6.45, 7) is 2.00. The Balaban J connectivity index is 1.91. The number of hydrogen-bond donors (Lipinski definition) is 1. The summed E-state index contributed by atoms with van der Waals surface area (Å²) in [5.41, 5.74) is 2.35. The molecule has 0 amide bonds. The molecule has 5 nitrogen and oxygen atoms in total.